The highest BCUT2D eigenvalue weighted by molar-refractivity contribution is 5.59. The van der Waals surface area contributed by atoms with Gasteiger partial charge >= 0.3 is 6.18 Å². The molecule has 0 N–H and O–H groups in total. The molecule has 0 bridgehead atoms. The Balaban J connectivity index is 1.82. The number of morpholine rings is 1. The van der Waals surface area contributed by atoms with Crippen LogP contribution in [0.2, 0.25) is 0 Å². The van der Waals surface area contributed by atoms with Crippen molar-refractivity contribution in [3.63, 3.8) is 0 Å². The van der Waals surface area contributed by atoms with Gasteiger partial charge in [-0.05, 0) is 24.6 Å². The smallest absolute Gasteiger partial charge is 0.379 e. The first-order valence-corrected chi connectivity index (χ1v) is 7.67. The lowest BCUT2D eigenvalue weighted by atomic mass is 10.1. The van der Waals surface area contributed by atoms with Crippen LogP contribution in [0.3, 0.4) is 0 Å². The van der Waals surface area contributed by atoms with E-state index in [1.807, 2.05) is 6.07 Å². The molecule has 2 fully saturated rings. The van der Waals surface area contributed by atoms with Crippen LogP contribution in [0.15, 0.2) is 18.2 Å². The molecule has 0 radical (unpaired) electrons. The van der Waals surface area contributed by atoms with Crippen molar-refractivity contribution >= 4 is 5.69 Å². The zero-order valence-electron chi connectivity index (χ0n) is 12.6. The third-order valence-electron chi connectivity index (χ3n) is 4.50. The summed E-state index contributed by atoms with van der Waals surface area (Å²) < 4.78 is 45.1. The van der Waals surface area contributed by atoms with Gasteiger partial charge in [0.1, 0.15) is 0 Å². The summed E-state index contributed by atoms with van der Waals surface area (Å²) in [7, 11) is 0. The van der Waals surface area contributed by atoms with Crippen LogP contribution in [0.25, 0.3) is 0 Å². The Morgan fingerprint density at radius 1 is 1.17 bits per heavy atom. The van der Waals surface area contributed by atoms with Crippen molar-refractivity contribution in [3.05, 3.63) is 29.3 Å². The number of nitrogens with zero attached hydrogens (tertiary/aromatic N) is 3. The fraction of sp³-hybridized carbons (Fsp3) is 0.562. The van der Waals surface area contributed by atoms with Crippen molar-refractivity contribution in [1.82, 2.24) is 4.90 Å². The van der Waals surface area contributed by atoms with Gasteiger partial charge in [-0.15, -0.1) is 0 Å². The molecule has 1 aromatic rings. The van der Waals surface area contributed by atoms with E-state index in [1.54, 1.807) is 4.90 Å². The van der Waals surface area contributed by atoms with Crippen LogP contribution in [-0.4, -0.2) is 50.3 Å². The summed E-state index contributed by atoms with van der Waals surface area (Å²) in [6.45, 7) is 4.12. The summed E-state index contributed by atoms with van der Waals surface area (Å²) in [5, 5.41) is 8.98. The molecule has 0 aromatic heterocycles. The van der Waals surface area contributed by atoms with E-state index >= 15 is 0 Å². The molecule has 1 atom stereocenters. The zero-order valence-corrected chi connectivity index (χ0v) is 12.6. The zero-order chi connectivity index (χ0) is 16.4. The van der Waals surface area contributed by atoms with E-state index < -0.39 is 11.7 Å². The molecule has 0 spiro atoms. The van der Waals surface area contributed by atoms with E-state index in [4.69, 9.17) is 10.00 Å². The van der Waals surface area contributed by atoms with Crippen molar-refractivity contribution < 1.29 is 17.9 Å². The van der Waals surface area contributed by atoms with E-state index in [-0.39, 0.29) is 17.3 Å². The molecule has 2 saturated heterocycles. The summed E-state index contributed by atoms with van der Waals surface area (Å²) in [6, 6.07) is 5.75. The van der Waals surface area contributed by atoms with Gasteiger partial charge in [-0.2, -0.15) is 18.4 Å². The lowest BCUT2D eigenvalue weighted by Gasteiger charge is -2.32. The van der Waals surface area contributed by atoms with Crippen LogP contribution < -0.4 is 4.90 Å². The van der Waals surface area contributed by atoms with Crippen LogP contribution in [-0.2, 0) is 10.9 Å². The molecule has 0 amide bonds. The van der Waals surface area contributed by atoms with Crippen molar-refractivity contribution in [3.8, 4) is 6.07 Å². The van der Waals surface area contributed by atoms with Crippen molar-refractivity contribution in [2.24, 2.45) is 0 Å². The normalized spacial score (nSPS) is 23.0. The van der Waals surface area contributed by atoms with Gasteiger partial charge in [0.15, 0.2) is 0 Å². The highest BCUT2D eigenvalue weighted by atomic mass is 19.4. The quantitative estimate of drug-likeness (QED) is 0.837. The van der Waals surface area contributed by atoms with E-state index in [9.17, 15) is 13.2 Å². The first kappa shape index (κ1) is 16.1. The minimum absolute atomic E-state index is 0.118. The Morgan fingerprint density at radius 2 is 1.91 bits per heavy atom. The maximum atomic E-state index is 13.3. The molecule has 7 heteroatoms. The number of hydrogen-bond donors (Lipinski definition) is 0. The van der Waals surface area contributed by atoms with Crippen molar-refractivity contribution in [2.75, 3.05) is 44.3 Å². The number of ether oxygens (including phenoxy) is 1. The van der Waals surface area contributed by atoms with E-state index in [0.29, 0.717) is 26.3 Å². The van der Waals surface area contributed by atoms with Gasteiger partial charge in [0.2, 0.25) is 0 Å². The number of hydrogen-bond acceptors (Lipinski definition) is 4. The topological polar surface area (TPSA) is 39.5 Å². The van der Waals surface area contributed by atoms with Gasteiger partial charge in [0.25, 0.3) is 0 Å². The van der Waals surface area contributed by atoms with E-state index in [1.165, 1.54) is 12.1 Å². The standard InChI is InChI=1S/C16H18F3N3O/c17-16(18,19)14-2-1-12(10-20)9-15(14)22-4-3-13(11-22)21-5-7-23-8-6-21/h1-2,9,13H,3-8,11H2/t13-/m1/s1. The van der Waals surface area contributed by atoms with Gasteiger partial charge in [0.05, 0.1) is 36.1 Å². The largest absolute Gasteiger partial charge is 0.418 e. The molecule has 0 unspecified atom stereocenters. The van der Waals surface area contributed by atoms with Crippen LogP contribution >= 0.6 is 0 Å². The summed E-state index contributed by atoms with van der Waals surface area (Å²) in [5.41, 5.74) is -0.297. The van der Waals surface area contributed by atoms with Crippen LogP contribution in [0, 0.1) is 11.3 Å². The summed E-state index contributed by atoms with van der Waals surface area (Å²) >= 11 is 0. The molecule has 2 aliphatic rings. The highest BCUT2D eigenvalue weighted by Gasteiger charge is 2.37. The molecule has 0 saturated carbocycles. The number of nitriles is 1. The average molecular weight is 325 g/mol. The molecule has 2 heterocycles. The summed E-state index contributed by atoms with van der Waals surface area (Å²) in [5.74, 6) is 0. The number of anilines is 1. The molecule has 23 heavy (non-hydrogen) atoms. The molecule has 1 aromatic carbocycles. The number of benzene rings is 1. The molecular weight excluding hydrogens is 307 g/mol. The predicted molar refractivity (Wildman–Crippen MR) is 79.2 cm³/mol. The Kier molecular flexibility index (Phi) is 4.46. The van der Waals surface area contributed by atoms with Crippen LogP contribution in [0.4, 0.5) is 18.9 Å². The number of halogens is 3. The van der Waals surface area contributed by atoms with Gasteiger partial charge in [0, 0.05) is 32.2 Å². The molecular formula is C16H18F3N3O. The fourth-order valence-corrected chi connectivity index (χ4v) is 3.30. The van der Waals surface area contributed by atoms with Gasteiger partial charge in [-0.25, -0.2) is 0 Å². The van der Waals surface area contributed by atoms with Crippen molar-refractivity contribution in [2.45, 2.75) is 18.6 Å². The summed E-state index contributed by atoms with van der Waals surface area (Å²) in [4.78, 5) is 4.04. The first-order chi connectivity index (χ1) is 11.0. The average Bonchev–Trinajstić information content (AvgIpc) is 3.04. The molecule has 0 aliphatic carbocycles. The first-order valence-electron chi connectivity index (χ1n) is 7.67. The number of alkyl halides is 3. The van der Waals surface area contributed by atoms with Gasteiger partial charge in [-0.3, -0.25) is 4.90 Å². The summed E-state index contributed by atoms with van der Waals surface area (Å²) in [6.07, 6.45) is -3.59. The third kappa shape index (κ3) is 3.43. The maximum Gasteiger partial charge on any atom is 0.418 e. The third-order valence-corrected chi connectivity index (χ3v) is 4.50. The molecule has 2 aliphatic heterocycles. The molecule has 4 nitrogen and oxygen atoms in total. The monoisotopic (exact) mass is 325 g/mol. The van der Waals surface area contributed by atoms with E-state index in [0.717, 1.165) is 25.6 Å². The van der Waals surface area contributed by atoms with Gasteiger partial charge in [-0.1, -0.05) is 0 Å². The number of rotatable bonds is 2. The minimum Gasteiger partial charge on any atom is -0.379 e. The Bertz CT molecular complexity index is 606. The Hall–Kier alpha value is -1.78. The highest BCUT2D eigenvalue weighted by Crippen LogP contribution is 2.38. The van der Waals surface area contributed by atoms with Crippen LogP contribution in [0.5, 0.6) is 0 Å². The maximum absolute atomic E-state index is 13.3. The molecule has 3 rings (SSSR count). The predicted octanol–water partition coefficient (Wildman–Crippen LogP) is 2.49. The minimum atomic E-state index is -4.42. The fourth-order valence-electron chi connectivity index (χ4n) is 3.30. The second-order valence-electron chi connectivity index (χ2n) is 5.88. The molecule has 124 valence electrons. The lowest BCUT2D eigenvalue weighted by Crippen LogP contribution is -2.44. The van der Waals surface area contributed by atoms with Crippen molar-refractivity contribution in [1.29, 1.82) is 5.26 Å². The second-order valence-corrected chi connectivity index (χ2v) is 5.88. The lowest BCUT2D eigenvalue weighted by molar-refractivity contribution is -0.137. The Morgan fingerprint density at radius 3 is 2.57 bits per heavy atom. The van der Waals surface area contributed by atoms with Gasteiger partial charge < -0.3 is 9.64 Å². The Labute approximate surface area is 133 Å². The SMILES string of the molecule is N#Cc1ccc(C(F)(F)F)c(N2CC[C@@H](N3CCOCC3)C2)c1. The van der Waals surface area contributed by atoms with Crippen LogP contribution in [0.1, 0.15) is 17.5 Å². The second kappa shape index (κ2) is 6.38. The van der Waals surface area contributed by atoms with E-state index in [2.05, 4.69) is 4.90 Å².